The van der Waals surface area contributed by atoms with Gasteiger partial charge in [0, 0.05) is 60.0 Å². The smallest absolute Gasteiger partial charge is 0.260 e. The van der Waals surface area contributed by atoms with Gasteiger partial charge in [0.25, 0.3) is 11.5 Å². The maximum absolute atomic E-state index is 14.0. The van der Waals surface area contributed by atoms with Gasteiger partial charge in [-0.1, -0.05) is 17.7 Å². The normalized spacial score (nSPS) is 18.2. The molecular weight excluding hydrogens is 488 g/mol. The number of piperidine rings is 1. The maximum atomic E-state index is 14.0. The second-order valence-electron chi connectivity index (χ2n) is 8.45. The minimum atomic E-state index is -3.49. The summed E-state index contributed by atoms with van der Waals surface area (Å²) in [4.78, 5) is 22.4. The Morgan fingerprint density at radius 1 is 1.29 bits per heavy atom. The molecule has 0 radical (unpaired) electrons. The Hall–Kier alpha value is -2.63. The average molecular weight is 512 g/mol. The van der Waals surface area contributed by atoms with Gasteiger partial charge < -0.3 is 10.6 Å². The topological polar surface area (TPSA) is 106 Å². The summed E-state index contributed by atoms with van der Waals surface area (Å²) in [6.07, 6.45) is 2.26. The standard InChI is InChI=1S/C22H24ClF2N5O3S/c1-3-27-21-28-10-14-6-17(16-5-4-15(7-18(16)23)34(2,32)33)20(31)30(19(14)29-21)11-13-8-22(24,25)12-26-9-13/h4-7,10,13,26H,3,8-9,11-12H2,1-2H3,(H,27,28,29). The molecule has 0 amide bonds. The molecule has 0 bridgehead atoms. The Kier molecular flexibility index (Phi) is 6.63. The van der Waals surface area contributed by atoms with Crippen molar-refractivity contribution in [3.8, 4) is 11.1 Å². The third kappa shape index (κ3) is 5.06. The van der Waals surface area contributed by atoms with Crippen molar-refractivity contribution in [3.63, 3.8) is 0 Å². The summed E-state index contributed by atoms with van der Waals surface area (Å²) in [6, 6.07) is 5.71. The Labute approximate surface area is 200 Å². The van der Waals surface area contributed by atoms with Gasteiger partial charge in [-0.15, -0.1) is 0 Å². The fraction of sp³-hybridized carbons (Fsp3) is 0.409. The van der Waals surface area contributed by atoms with Crippen LogP contribution in [0.3, 0.4) is 0 Å². The van der Waals surface area contributed by atoms with Gasteiger partial charge in [0.2, 0.25) is 5.95 Å². The lowest BCUT2D eigenvalue weighted by atomic mass is 9.96. The summed E-state index contributed by atoms with van der Waals surface area (Å²) >= 11 is 6.38. The molecule has 0 spiro atoms. The van der Waals surface area contributed by atoms with E-state index in [0.717, 1.165) is 6.26 Å². The number of nitrogens with one attached hydrogen (secondary N) is 2. The van der Waals surface area contributed by atoms with Crippen LogP contribution in [-0.2, 0) is 16.4 Å². The van der Waals surface area contributed by atoms with Crippen LogP contribution in [0.25, 0.3) is 22.2 Å². The monoisotopic (exact) mass is 511 g/mol. The summed E-state index contributed by atoms with van der Waals surface area (Å²) in [5.41, 5.74) is 0.388. The Bertz CT molecular complexity index is 1410. The maximum Gasteiger partial charge on any atom is 0.260 e. The SMILES string of the molecule is CCNc1ncc2cc(-c3ccc(S(C)(=O)=O)cc3Cl)c(=O)n(CC3CNCC(F)(F)C3)c2n1. The quantitative estimate of drug-likeness (QED) is 0.523. The predicted molar refractivity (Wildman–Crippen MR) is 127 cm³/mol. The van der Waals surface area contributed by atoms with Gasteiger partial charge in [-0.25, -0.2) is 22.2 Å². The van der Waals surface area contributed by atoms with E-state index >= 15 is 0 Å². The van der Waals surface area contributed by atoms with Gasteiger partial charge >= 0.3 is 0 Å². The number of sulfone groups is 1. The molecule has 34 heavy (non-hydrogen) atoms. The zero-order valence-electron chi connectivity index (χ0n) is 18.6. The van der Waals surface area contributed by atoms with Gasteiger partial charge in [-0.3, -0.25) is 9.36 Å². The number of anilines is 1. The summed E-state index contributed by atoms with van der Waals surface area (Å²) in [6.45, 7) is 2.40. The first-order valence-corrected chi connectivity index (χ1v) is 13.0. The van der Waals surface area contributed by atoms with E-state index in [1.165, 1.54) is 22.8 Å². The molecule has 1 saturated heterocycles. The number of nitrogens with zero attached hydrogens (tertiary/aromatic N) is 3. The Morgan fingerprint density at radius 3 is 2.71 bits per heavy atom. The Balaban J connectivity index is 1.88. The molecule has 12 heteroatoms. The fourth-order valence-electron chi connectivity index (χ4n) is 4.12. The average Bonchev–Trinajstić information content (AvgIpc) is 2.75. The van der Waals surface area contributed by atoms with Crippen molar-refractivity contribution in [2.24, 2.45) is 5.92 Å². The van der Waals surface area contributed by atoms with Crippen molar-refractivity contribution in [1.82, 2.24) is 19.9 Å². The van der Waals surface area contributed by atoms with E-state index in [9.17, 15) is 22.0 Å². The minimum absolute atomic E-state index is 0.0212. The highest BCUT2D eigenvalue weighted by molar-refractivity contribution is 7.90. The lowest BCUT2D eigenvalue weighted by Crippen LogP contribution is -2.45. The zero-order chi connectivity index (χ0) is 24.7. The predicted octanol–water partition coefficient (Wildman–Crippen LogP) is 3.19. The van der Waals surface area contributed by atoms with Crippen LogP contribution in [0.2, 0.25) is 5.02 Å². The van der Waals surface area contributed by atoms with E-state index in [1.807, 2.05) is 6.92 Å². The van der Waals surface area contributed by atoms with Crippen LogP contribution < -0.4 is 16.2 Å². The molecule has 1 aliphatic rings. The van der Waals surface area contributed by atoms with Crippen LogP contribution in [0.5, 0.6) is 0 Å². The first kappa shape index (κ1) is 24.5. The van der Waals surface area contributed by atoms with E-state index in [4.69, 9.17) is 11.6 Å². The number of hydrogen-bond donors (Lipinski definition) is 2. The van der Waals surface area contributed by atoms with Gasteiger partial charge in [0.05, 0.1) is 11.4 Å². The van der Waals surface area contributed by atoms with Gasteiger partial charge in [-0.05, 0) is 31.0 Å². The van der Waals surface area contributed by atoms with E-state index in [-0.39, 0.29) is 28.4 Å². The molecule has 2 N–H and O–H groups in total. The van der Waals surface area contributed by atoms with E-state index in [2.05, 4.69) is 20.6 Å². The fourth-order valence-corrected chi connectivity index (χ4v) is 5.12. The van der Waals surface area contributed by atoms with Gasteiger partial charge in [0.15, 0.2) is 9.84 Å². The number of pyridine rings is 1. The third-order valence-corrected chi connectivity index (χ3v) is 7.09. The number of rotatable bonds is 6. The second-order valence-corrected chi connectivity index (χ2v) is 10.9. The largest absolute Gasteiger partial charge is 0.354 e. The Morgan fingerprint density at radius 2 is 2.06 bits per heavy atom. The molecule has 0 aliphatic carbocycles. The molecule has 2 aromatic heterocycles. The van der Waals surface area contributed by atoms with Crippen molar-refractivity contribution in [2.45, 2.75) is 30.7 Å². The van der Waals surface area contributed by atoms with Crippen LogP contribution in [0.4, 0.5) is 14.7 Å². The highest BCUT2D eigenvalue weighted by Gasteiger charge is 2.36. The van der Waals surface area contributed by atoms with E-state index in [0.29, 0.717) is 35.6 Å². The molecule has 4 rings (SSSR count). The minimum Gasteiger partial charge on any atom is -0.354 e. The molecule has 8 nitrogen and oxygen atoms in total. The van der Waals surface area contributed by atoms with Crippen LogP contribution in [-0.4, -0.2) is 54.8 Å². The third-order valence-electron chi connectivity index (χ3n) is 5.67. The van der Waals surface area contributed by atoms with Crippen molar-refractivity contribution in [1.29, 1.82) is 0 Å². The van der Waals surface area contributed by atoms with Crippen LogP contribution in [0.1, 0.15) is 13.3 Å². The molecule has 0 saturated carbocycles. The van der Waals surface area contributed by atoms with Gasteiger partial charge in [0.1, 0.15) is 5.65 Å². The van der Waals surface area contributed by atoms with Gasteiger partial charge in [-0.2, -0.15) is 4.98 Å². The van der Waals surface area contributed by atoms with Crippen molar-refractivity contribution in [2.75, 3.05) is 31.2 Å². The summed E-state index contributed by atoms with van der Waals surface area (Å²) in [5, 5.41) is 6.33. The van der Waals surface area contributed by atoms with E-state index < -0.39 is 33.8 Å². The molecule has 1 aliphatic heterocycles. The molecule has 1 atom stereocenters. The van der Waals surface area contributed by atoms with Crippen molar-refractivity contribution >= 4 is 38.4 Å². The van der Waals surface area contributed by atoms with Crippen LogP contribution in [0, 0.1) is 5.92 Å². The zero-order valence-corrected chi connectivity index (χ0v) is 20.2. The van der Waals surface area contributed by atoms with Crippen LogP contribution >= 0.6 is 11.6 Å². The summed E-state index contributed by atoms with van der Waals surface area (Å²) < 4.78 is 53.2. The highest BCUT2D eigenvalue weighted by Crippen LogP contribution is 2.31. The summed E-state index contributed by atoms with van der Waals surface area (Å²) in [5.74, 6) is -3.05. The highest BCUT2D eigenvalue weighted by atomic mass is 35.5. The molecule has 3 aromatic rings. The number of fused-ring (bicyclic) bond motifs is 1. The van der Waals surface area contributed by atoms with Crippen molar-refractivity contribution < 1.29 is 17.2 Å². The number of aromatic nitrogens is 3. The molecule has 1 unspecified atom stereocenters. The molecule has 1 fully saturated rings. The van der Waals surface area contributed by atoms with E-state index in [1.54, 1.807) is 12.3 Å². The second kappa shape index (κ2) is 9.20. The van der Waals surface area contributed by atoms with Crippen molar-refractivity contribution in [3.05, 3.63) is 45.8 Å². The molecule has 182 valence electrons. The molecule has 1 aromatic carbocycles. The number of alkyl halides is 2. The first-order chi connectivity index (χ1) is 16.0. The lowest BCUT2D eigenvalue weighted by molar-refractivity contribution is -0.0415. The molecule has 3 heterocycles. The number of hydrogen-bond acceptors (Lipinski definition) is 7. The first-order valence-electron chi connectivity index (χ1n) is 10.7. The number of benzene rings is 1. The molecular formula is C22H24ClF2N5O3S. The van der Waals surface area contributed by atoms with Crippen LogP contribution in [0.15, 0.2) is 40.2 Å². The lowest BCUT2D eigenvalue weighted by Gasteiger charge is -2.30. The number of halogens is 3. The summed E-state index contributed by atoms with van der Waals surface area (Å²) in [7, 11) is -3.49.